The Morgan fingerprint density at radius 3 is 2.43 bits per heavy atom. The number of amides is 1. The van der Waals surface area contributed by atoms with E-state index in [4.69, 9.17) is 0 Å². The Balaban J connectivity index is 1.58. The van der Waals surface area contributed by atoms with Gasteiger partial charge in [-0.1, -0.05) is 38.1 Å². The molecule has 0 atom stereocenters. The molecule has 160 valence electrons. The van der Waals surface area contributed by atoms with Gasteiger partial charge in [0.1, 0.15) is 10.7 Å². The Morgan fingerprint density at radius 2 is 1.77 bits per heavy atom. The lowest BCUT2D eigenvalue weighted by atomic mass is 9.84. The summed E-state index contributed by atoms with van der Waals surface area (Å²) in [4.78, 5) is 14.7. The van der Waals surface area contributed by atoms with Crippen molar-refractivity contribution in [3.63, 3.8) is 0 Å². The summed E-state index contributed by atoms with van der Waals surface area (Å²) in [5, 5.41) is 6.03. The molecule has 0 bridgehead atoms. The third-order valence-corrected chi connectivity index (χ3v) is 6.27. The maximum Gasteiger partial charge on any atom is 0.286 e. The lowest BCUT2D eigenvalue weighted by Gasteiger charge is -2.27. The monoisotopic (exact) mass is 428 g/mol. The van der Waals surface area contributed by atoms with Crippen molar-refractivity contribution in [3.05, 3.63) is 54.1 Å². The van der Waals surface area contributed by atoms with Crippen LogP contribution in [0.1, 0.15) is 32.3 Å². The van der Waals surface area contributed by atoms with E-state index >= 15 is 0 Å². The number of benzene rings is 2. The second kappa shape index (κ2) is 8.47. The van der Waals surface area contributed by atoms with E-state index in [1.54, 1.807) is 18.2 Å². The number of sulfonamides is 1. The van der Waals surface area contributed by atoms with Crippen molar-refractivity contribution in [2.75, 3.05) is 24.3 Å². The van der Waals surface area contributed by atoms with Crippen LogP contribution in [-0.2, 0) is 21.4 Å². The van der Waals surface area contributed by atoms with Crippen LogP contribution in [-0.4, -0.2) is 34.3 Å². The summed E-state index contributed by atoms with van der Waals surface area (Å²) < 4.78 is 28.7. The molecule has 0 unspecified atom stereocenters. The molecule has 0 saturated carbocycles. The number of amidine groups is 1. The second-order valence-corrected chi connectivity index (χ2v) is 10.1. The van der Waals surface area contributed by atoms with Gasteiger partial charge in [0.05, 0.1) is 5.69 Å². The summed E-state index contributed by atoms with van der Waals surface area (Å²) in [5.74, 6) is 0.266. The molecule has 1 amide bonds. The Morgan fingerprint density at radius 1 is 1.10 bits per heavy atom. The van der Waals surface area contributed by atoms with Crippen LogP contribution in [0.5, 0.6) is 0 Å². The molecule has 7 nitrogen and oxygen atoms in total. The Hall–Kier alpha value is -2.87. The molecule has 2 aromatic rings. The van der Waals surface area contributed by atoms with Crippen LogP contribution in [0.2, 0.25) is 0 Å². The number of hydrogen-bond acceptors (Lipinski definition) is 5. The average molecular weight is 429 g/mol. The van der Waals surface area contributed by atoms with Gasteiger partial charge in [-0.2, -0.15) is 8.42 Å². The van der Waals surface area contributed by atoms with Crippen LogP contribution in [0.15, 0.2) is 57.8 Å². The number of carbonyl (C=O) groups excluding carboxylic acids is 1. The van der Waals surface area contributed by atoms with Crippen molar-refractivity contribution in [1.29, 1.82) is 0 Å². The van der Waals surface area contributed by atoms with Crippen LogP contribution < -0.4 is 15.5 Å². The molecule has 0 radical (unpaired) electrons. The van der Waals surface area contributed by atoms with Gasteiger partial charge >= 0.3 is 0 Å². The first-order valence-electron chi connectivity index (χ1n) is 9.79. The molecular weight excluding hydrogens is 400 g/mol. The Labute approximate surface area is 178 Å². The van der Waals surface area contributed by atoms with Crippen molar-refractivity contribution in [2.24, 2.45) is 9.81 Å². The molecule has 8 heteroatoms. The summed E-state index contributed by atoms with van der Waals surface area (Å²) in [6.07, 6.45) is 0.594. The van der Waals surface area contributed by atoms with Crippen molar-refractivity contribution in [1.82, 2.24) is 5.32 Å². The summed E-state index contributed by atoms with van der Waals surface area (Å²) in [5.41, 5.74) is 2.17. The minimum absolute atomic E-state index is 0.0867. The minimum Gasteiger partial charge on any atom is -0.378 e. The van der Waals surface area contributed by atoms with Crippen LogP contribution in [0, 0.1) is 5.41 Å². The van der Waals surface area contributed by atoms with Gasteiger partial charge in [-0.25, -0.2) is 0 Å². The van der Waals surface area contributed by atoms with E-state index in [1.165, 1.54) is 6.07 Å². The van der Waals surface area contributed by atoms with Crippen LogP contribution in [0.3, 0.4) is 0 Å². The quantitative estimate of drug-likeness (QED) is 0.705. The predicted octanol–water partition coefficient (Wildman–Crippen LogP) is 3.39. The van der Waals surface area contributed by atoms with Gasteiger partial charge in [0.15, 0.2) is 0 Å². The zero-order chi connectivity index (χ0) is 21.9. The van der Waals surface area contributed by atoms with E-state index < -0.39 is 15.4 Å². The third-order valence-electron chi connectivity index (χ3n) is 4.90. The van der Waals surface area contributed by atoms with Gasteiger partial charge in [0.2, 0.25) is 5.91 Å². The molecule has 0 saturated heterocycles. The van der Waals surface area contributed by atoms with Gasteiger partial charge in [-0.15, -0.1) is 4.40 Å². The minimum atomic E-state index is -3.73. The fraction of sp³-hybridized carbons (Fsp3) is 0.364. The molecule has 3 rings (SSSR count). The topological polar surface area (TPSA) is 90.9 Å². The number of hydrogen-bond donors (Lipinski definition) is 2. The van der Waals surface area contributed by atoms with Crippen molar-refractivity contribution in [3.8, 4) is 0 Å². The molecule has 2 aromatic carbocycles. The average Bonchev–Trinajstić information content (AvgIpc) is 2.65. The zero-order valence-electron chi connectivity index (χ0n) is 17.8. The summed E-state index contributed by atoms with van der Waals surface area (Å²) in [7, 11) is 0.234. The molecule has 0 fully saturated rings. The largest absolute Gasteiger partial charge is 0.378 e. The van der Waals surface area contributed by atoms with E-state index in [-0.39, 0.29) is 17.2 Å². The number of rotatable bonds is 7. The maximum atomic E-state index is 12.5. The van der Waals surface area contributed by atoms with Crippen molar-refractivity contribution >= 4 is 33.1 Å². The fourth-order valence-electron chi connectivity index (χ4n) is 3.37. The van der Waals surface area contributed by atoms with Crippen LogP contribution >= 0.6 is 0 Å². The molecule has 1 aliphatic heterocycles. The normalized spacial score (nSPS) is 14.9. The van der Waals surface area contributed by atoms with Crippen LogP contribution in [0.4, 0.5) is 11.4 Å². The van der Waals surface area contributed by atoms with Gasteiger partial charge in [-0.05, 0) is 35.2 Å². The molecule has 1 heterocycles. The standard InChI is InChI=1S/C22H28N4O3S/c1-22(2,13-20-24-18-7-5-6-8-19(18)30(28,29)25-20)14-21(27)23-15-16-9-11-17(12-10-16)26(3)4/h5-12H,13-15H2,1-4H3,(H,23,27)(H,24,25). The first-order chi connectivity index (χ1) is 14.1. The smallest absolute Gasteiger partial charge is 0.286 e. The highest BCUT2D eigenvalue weighted by molar-refractivity contribution is 7.90. The maximum absolute atomic E-state index is 12.5. The molecular formula is C22H28N4O3S. The molecule has 0 aliphatic carbocycles. The number of nitrogens with zero attached hydrogens (tertiary/aromatic N) is 2. The second-order valence-electron chi connectivity index (χ2n) is 8.49. The first kappa shape index (κ1) is 21.8. The third kappa shape index (κ3) is 5.38. The number of para-hydroxylation sites is 1. The molecule has 30 heavy (non-hydrogen) atoms. The zero-order valence-corrected chi connectivity index (χ0v) is 18.6. The molecule has 0 spiro atoms. The summed E-state index contributed by atoms with van der Waals surface area (Å²) >= 11 is 0. The number of anilines is 2. The highest BCUT2D eigenvalue weighted by Crippen LogP contribution is 2.32. The lowest BCUT2D eigenvalue weighted by molar-refractivity contribution is -0.123. The van der Waals surface area contributed by atoms with Gasteiger partial charge in [0.25, 0.3) is 10.0 Å². The van der Waals surface area contributed by atoms with Crippen molar-refractivity contribution < 1.29 is 13.2 Å². The molecule has 1 aliphatic rings. The SMILES string of the molecule is CN(C)c1ccc(CNC(=O)CC(C)(C)CC2=NS(=O)(=O)c3ccccc3N2)cc1. The van der Waals surface area contributed by atoms with E-state index in [0.717, 1.165) is 11.3 Å². The Kier molecular flexibility index (Phi) is 6.17. The van der Waals surface area contributed by atoms with E-state index in [1.807, 2.05) is 57.1 Å². The van der Waals surface area contributed by atoms with Gasteiger partial charge < -0.3 is 15.5 Å². The summed E-state index contributed by atoms with van der Waals surface area (Å²) in [6, 6.07) is 14.7. The highest BCUT2D eigenvalue weighted by atomic mass is 32.2. The number of fused-ring (bicyclic) bond motifs is 1. The van der Waals surface area contributed by atoms with Gasteiger partial charge in [0, 0.05) is 39.2 Å². The highest BCUT2D eigenvalue weighted by Gasteiger charge is 2.29. The van der Waals surface area contributed by atoms with E-state index in [0.29, 0.717) is 24.5 Å². The number of carbonyl (C=O) groups is 1. The van der Waals surface area contributed by atoms with Crippen molar-refractivity contribution in [2.45, 2.75) is 38.1 Å². The predicted molar refractivity (Wildman–Crippen MR) is 120 cm³/mol. The lowest BCUT2D eigenvalue weighted by Crippen LogP contribution is -2.32. The fourth-order valence-corrected chi connectivity index (χ4v) is 4.52. The van der Waals surface area contributed by atoms with Crippen LogP contribution in [0.25, 0.3) is 0 Å². The van der Waals surface area contributed by atoms with E-state index in [2.05, 4.69) is 15.0 Å². The summed E-state index contributed by atoms with van der Waals surface area (Å²) in [6.45, 7) is 4.30. The molecule has 0 aromatic heterocycles. The van der Waals surface area contributed by atoms with E-state index in [9.17, 15) is 13.2 Å². The number of nitrogens with one attached hydrogen (secondary N) is 2. The molecule has 2 N–H and O–H groups in total. The van der Waals surface area contributed by atoms with Gasteiger partial charge in [-0.3, -0.25) is 4.79 Å². The Bertz CT molecular complexity index is 1060. The first-order valence-corrected chi connectivity index (χ1v) is 11.2.